The normalized spacial score (nSPS) is 10.7. The van der Waals surface area contributed by atoms with Crippen LogP contribution < -0.4 is 4.74 Å². The number of aryl methyl sites for hydroxylation is 1. The number of rotatable bonds is 5. The zero-order chi connectivity index (χ0) is 13.8. The van der Waals surface area contributed by atoms with Crippen molar-refractivity contribution in [3.05, 3.63) is 30.0 Å². The highest BCUT2D eigenvalue weighted by Gasteiger charge is 2.23. The minimum Gasteiger partial charge on any atom is -0.494 e. The number of para-hydroxylation sites is 1. The summed E-state index contributed by atoms with van der Waals surface area (Å²) in [5.41, 5.74) is 1.39. The van der Waals surface area contributed by atoms with Crippen molar-refractivity contribution in [3.8, 4) is 5.75 Å². The molecule has 5 heteroatoms. The Morgan fingerprint density at radius 3 is 2.68 bits per heavy atom. The summed E-state index contributed by atoms with van der Waals surface area (Å²) in [5.74, 6) is 0.690. The van der Waals surface area contributed by atoms with Gasteiger partial charge in [-0.2, -0.15) is 0 Å². The molecule has 1 aromatic carbocycles. The number of benzene rings is 1. The van der Waals surface area contributed by atoms with E-state index in [9.17, 15) is 4.79 Å². The molecule has 19 heavy (non-hydrogen) atoms. The first-order valence-corrected chi connectivity index (χ1v) is 6.57. The summed E-state index contributed by atoms with van der Waals surface area (Å²) < 4.78 is 12.1. The monoisotopic (exact) mass is 281 g/mol. The van der Waals surface area contributed by atoms with Crippen LogP contribution in [0, 0.1) is 0 Å². The van der Waals surface area contributed by atoms with E-state index in [-0.39, 0.29) is 0 Å². The van der Waals surface area contributed by atoms with Crippen molar-refractivity contribution in [2.45, 2.75) is 13.0 Å². The average molecular weight is 282 g/mol. The van der Waals surface area contributed by atoms with Gasteiger partial charge in [-0.25, -0.2) is 4.79 Å². The summed E-state index contributed by atoms with van der Waals surface area (Å²) in [6.45, 7) is 0.651. The Balaban J connectivity index is 2.69. The molecular weight excluding hydrogens is 266 g/mol. The molecule has 0 N–H and O–H groups in total. The lowest BCUT2D eigenvalue weighted by molar-refractivity contribution is 0.0585. The summed E-state index contributed by atoms with van der Waals surface area (Å²) in [6.07, 6.45) is 0.771. The quantitative estimate of drug-likeness (QED) is 0.625. The van der Waals surface area contributed by atoms with Gasteiger partial charge in [0.1, 0.15) is 0 Å². The Labute approximate surface area is 116 Å². The van der Waals surface area contributed by atoms with Gasteiger partial charge in [0.2, 0.25) is 0 Å². The van der Waals surface area contributed by atoms with Gasteiger partial charge in [-0.15, -0.1) is 11.6 Å². The highest BCUT2D eigenvalue weighted by Crippen LogP contribution is 2.33. The number of halogens is 1. The maximum atomic E-state index is 12.0. The lowest BCUT2D eigenvalue weighted by Gasteiger charge is -2.09. The zero-order valence-corrected chi connectivity index (χ0v) is 11.7. The molecule has 0 aliphatic carbocycles. The number of aromatic nitrogens is 1. The summed E-state index contributed by atoms with van der Waals surface area (Å²) in [4.78, 5) is 12.0. The second-order valence-corrected chi connectivity index (χ2v) is 4.46. The van der Waals surface area contributed by atoms with Crippen molar-refractivity contribution in [2.24, 2.45) is 0 Å². The number of carbonyl (C=O) groups is 1. The molecule has 0 aliphatic heterocycles. The number of nitrogens with zero attached hydrogens (tertiary/aromatic N) is 1. The van der Waals surface area contributed by atoms with Gasteiger partial charge in [-0.05, 0) is 18.6 Å². The van der Waals surface area contributed by atoms with Gasteiger partial charge < -0.3 is 14.0 Å². The SMILES string of the molecule is COC(=O)c1c(OC)c2ccccc2n1CCCCl. The van der Waals surface area contributed by atoms with Crippen molar-refractivity contribution >= 4 is 28.5 Å². The maximum absolute atomic E-state index is 12.0. The standard InChI is InChI=1S/C14H16ClNO3/c1-18-13-10-6-3-4-7-11(10)16(9-5-8-15)12(13)14(17)19-2/h3-4,6-7H,5,8-9H2,1-2H3. The van der Waals surface area contributed by atoms with E-state index in [1.807, 2.05) is 28.8 Å². The van der Waals surface area contributed by atoms with Crippen LogP contribution in [0.25, 0.3) is 10.9 Å². The number of carbonyl (C=O) groups excluding carboxylic acids is 1. The second kappa shape index (κ2) is 5.97. The molecule has 0 atom stereocenters. The highest BCUT2D eigenvalue weighted by atomic mass is 35.5. The molecule has 0 radical (unpaired) electrons. The Kier molecular flexibility index (Phi) is 4.32. The first kappa shape index (κ1) is 13.7. The number of ether oxygens (including phenoxy) is 2. The number of alkyl halides is 1. The molecule has 1 aromatic heterocycles. The molecular formula is C14H16ClNO3. The predicted octanol–water partition coefficient (Wildman–Crippen LogP) is 3.07. The van der Waals surface area contributed by atoms with Gasteiger partial charge in [-0.1, -0.05) is 12.1 Å². The van der Waals surface area contributed by atoms with Crippen LogP contribution in [0.5, 0.6) is 5.75 Å². The third-order valence-electron chi connectivity index (χ3n) is 3.02. The van der Waals surface area contributed by atoms with Crippen LogP contribution in [0.1, 0.15) is 16.9 Å². The smallest absolute Gasteiger partial charge is 0.358 e. The van der Waals surface area contributed by atoms with E-state index >= 15 is 0 Å². The van der Waals surface area contributed by atoms with Gasteiger partial charge in [-0.3, -0.25) is 0 Å². The van der Waals surface area contributed by atoms with Gasteiger partial charge in [0.25, 0.3) is 0 Å². The first-order chi connectivity index (χ1) is 9.24. The second-order valence-electron chi connectivity index (χ2n) is 4.08. The largest absolute Gasteiger partial charge is 0.494 e. The molecule has 0 saturated heterocycles. The molecule has 2 rings (SSSR count). The van der Waals surface area contributed by atoms with E-state index in [1.165, 1.54) is 7.11 Å². The fourth-order valence-corrected chi connectivity index (χ4v) is 2.35. The van der Waals surface area contributed by atoms with E-state index < -0.39 is 5.97 Å². The zero-order valence-electron chi connectivity index (χ0n) is 11.0. The van der Waals surface area contributed by atoms with Crippen molar-refractivity contribution in [1.29, 1.82) is 0 Å². The molecule has 0 aliphatic rings. The van der Waals surface area contributed by atoms with Crippen molar-refractivity contribution < 1.29 is 14.3 Å². The Bertz CT molecular complexity index is 592. The lowest BCUT2D eigenvalue weighted by Crippen LogP contribution is -2.12. The molecule has 0 fully saturated rings. The fraction of sp³-hybridized carbons (Fsp3) is 0.357. The van der Waals surface area contributed by atoms with E-state index in [4.69, 9.17) is 21.1 Å². The van der Waals surface area contributed by atoms with E-state index in [1.54, 1.807) is 7.11 Å². The average Bonchev–Trinajstić information content (AvgIpc) is 2.77. The van der Waals surface area contributed by atoms with Gasteiger partial charge in [0.15, 0.2) is 11.4 Å². The maximum Gasteiger partial charge on any atom is 0.358 e. The molecule has 1 heterocycles. The van der Waals surface area contributed by atoms with Crippen LogP contribution >= 0.6 is 11.6 Å². The Morgan fingerprint density at radius 1 is 1.32 bits per heavy atom. The van der Waals surface area contributed by atoms with Crippen LogP contribution in [0.4, 0.5) is 0 Å². The van der Waals surface area contributed by atoms with Crippen LogP contribution in [0.15, 0.2) is 24.3 Å². The van der Waals surface area contributed by atoms with Crippen LogP contribution in [-0.2, 0) is 11.3 Å². The summed E-state index contributed by atoms with van der Waals surface area (Å²) in [6, 6.07) is 7.73. The number of methoxy groups -OCH3 is 2. The fourth-order valence-electron chi connectivity index (χ4n) is 2.23. The summed E-state index contributed by atoms with van der Waals surface area (Å²) >= 11 is 5.75. The molecule has 0 bridgehead atoms. The first-order valence-electron chi connectivity index (χ1n) is 6.04. The minimum atomic E-state index is -0.400. The van der Waals surface area contributed by atoms with Crippen molar-refractivity contribution in [1.82, 2.24) is 4.57 Å². The van der Waals surface area contributed by atoms with E-state index in [0.29, 0.717) is 23.9 Å². The number of hydrogen-bond donors (Lipinski definition) is 0. The van der Waals surface area contributed by atoms with Crippen molar-refractivity contribution in [3.63, 3.8) is 0 Å². The van der Waals surface area contributed by atoms with Gasteiger partial charge in [0.05, 0.1) is 19.7 Å². The highest BCUT2D eigenvalue weighted by molar-refractivity contribution is 6.17. The molecule has 0 unspecified atom stereocenters. The molecule has 4 nitrogen and oxygen atoms in total. The summed E-state index contributed by atoms with van der Waals surface area (Å²) in [5, 5.41) is 0.903. The minimum absolute atomic E-state index is 0.400. The molecule has 102 valence electrons. The molecule has 0 spiro atoms. The molecule has 0 saturated carbocycles. The molecule has 2 aromatic rings. The Morgan fingerprint density at radius 2 is 2.05 bits per heavy atom. The Hall–Kier alpha value is -1.68. The molecule has 0 amide bonds. The topological polar surface area (TPSA) is 40.5 Å². The number of fused-ring (bicyclic) bond motifs is 1. The van der Waals surface area contributed by atoms with Gasteiger partial charge in [0, 0.05) is 17.8 Å². The third kappa shape index (κ3) is 2.40. The van der Waals surface area contributed by atoms with Crippen molar-refractivity contribution in [2.75, 3.05) is 20.1 Å². The van der Waals surface area contributed by atoms with Crippen LogP contribution in [0.3, 0.4) is 0 Å². The van der Waals surface area contributed by atoms with Crippen LogP contribution in [0.2, 0.25) is 0 Å². The lowest BCUT2D eigenvalue weighted by atomic mass is 10.2. The van der Waals surface area contributed by atoms with Crippen LogP contribution in [-0.4, -0.2) is 30.6 Å². The number of hydrogen-bond acceptors (Lipinski definition) is 3. The number of esters is 1. The van der Waals surface area contributed by atoms with E-state index in [0.717, 1.165) is 17.3 Å². The predicted molar refractivity (Wildman–Crippen MR) is 75.2 cm³/mol. The third-order valence-corrected chi connectivity index (χ3v) is 3.29. The van der Waals surface area contributed by atoms with E-state index in [2.05, 4.69) is 0 Å². The summed E-state index contributed by atoms with van der Waals surface area (Å²) in [7, 11) is 2.92. The van der Waals surface area contributed by atoms with Gasteiger partial charge >= 0.3 is 5.97 Å².